The number of rotatable bonds is 4. The highest BCUT2D eigenvalue weighted by Gasteiger charge is 2.10. The predicted molar refractivity (Wildman–Crippen MR) is 79.7 cm³/mol. The van der Waals surface area contributed by atoms with Gasteiger partial charge in [-0.15, -0.1) is 0 Å². The number of hydrogen-bond donors (Lipinski definition) is 2. The largest absolute Gasteiger partial charge is 0.461 e. The number of aromatic nitrogens is 3. The first-order valence-electron chi connectivity index (χ1n) is 5.85. The van der Waals surface area contributed by atoms with Gasteiger partial charge in [0.15, 0.2) is 0 Å². The Balaban J connectivity index is 2.29. The number of benzene rings is 1. The maximum Gasteiger partial charge on any atom is 0.323 e. The summed E-state index contributed by atoms with van der Waals surface area (Å²) >= 11 is 12.0. The van der Waals surface area contributed by atoms with E-state index in [1.807, 2.05) is 13.8 Å². The number of hydrogen-bond acceptors (Lipinski definition) is 6. The van der Waals surface area contributed by atoms with Crippen LogP contribution in [0.3, 0.4) is 0 Å². The van der Waals surface area contributed by atoms with Crippen molar-refractivity contribution in [3.63, 3.8) is 0 Å². The first-order valence-corrected chi connectivity index (χ1v) is 6.60. The summed E-state index contributed by atoms with van der Waals surface area (Å²) in [5.41, 5.74) is 6.19. The van der Waals surface area contributed by atoms with E-state index in [0.29, 0.717) is 15.7 Å². The molecule has 0 amide bonds. The average Bonchev–Trinajstić information content (AvgIpc) is 2.33. The van der Waals surface area contributed by atoms with Crippen LogP contribution in [0.5, 0.6) is 6.01 Å². The van der Waals surface area contributed by atoms with Crippen LogP contribution < -0.4 is 15.8 Å². The first-order chi connectivity index (χ1) is 9.45. The van der Waals surface area contributed by atoms with Gasteiger partial charge in [-0.2, -0.15) is 15.0 Å². The van der Waals surface area contributed by atoms with Gasteiger partial charge >= 0.3 is 6.01 Å². The molecule has 0 spiro atoms. The molecule has 2 rings (SSSR count). The molecule has 0 saturated carbocycles. The molecule has 0 atom stereocenters. The molecule has 0 saturated heterocycles. The van der Waals surface area contributed by atoms with Crippen molar-refractivity contribution in [3.05, 3.63) is 28.2 Å². The van der Waals surface area contributed by atoms with Crippen molar-refractivity contribution in [1.82, 2.24) is 15.0 Å². The number of nitrogens with two attached hydrogens (primary N) is 1. The number of anilines is 3. The topological polar surface area (TPSA) is 86.0 Å². The molecule has 0 bridgehead atoms. The fourth-order valence-corrected chi connectivity index (χ4v) is 1.76. The van der Waals surface area contributed by atoms with Gasteiger partial charge in [-0.25, -0.2) is 0 Å². The standard InChI is InChI=1S/C12H13Cl2N5O/c1-6(2)20-12-18-10(15)17-11(19-12)16-8-5-3-4-7(13)9(8)14/h3-6H,1-2H3,(H3,15,16,17,18,19). The van der Waals surface area contributed by atoms with E-state index in [1.165, 1.54) is 0 Å². The number of nitrogens with zero attached hydrogens (tertiary/aromatic N) is 3. The third-order valence-corrected chi connectivity index (χ3v) is 2.99. The first kappa shape index (κ1) is 14.6. The molecule has 0 fully saturated rings. The molecule has 0 aliphatic rings. The average molecular weight is 314 g/mol. The van der Waals surface area contributed by atoms with E-state index in [1.54, 1.807) is 18.2 Å². The number of halogens is 2. The molecule has 0 aliphatic carbocycles. The molecular formula is C12H13Cl2N5O. The molecule has 8 heteroatoms. The molecule has 1 aromatic carbocycles. The van der Waals surface area contributed by atoms with Crippen molar-refractivity contribution >= 4 is 40.8 Å². The molecule has 0 radical (unpaired) electrons. The van der Waals surface area contributed by atoms with E-state index in [2.05, 4.69) is 20.3 Å². The fraction of sp³-hybridized carbons (Fsp3) is 0.250. The summed E-state index contributed by atoms with van der Waals surface area (Å²) in [6.45, 7) is 3.72. The number of nitrogen functional groups attached to an aromatic ring is 1. The number of ether oxygens (including phenoxy) is 1. The second-order valence-electron chi connectivity index (χ2n) is 4.19. The summed E-state index contributed by atoms with van der Waals surface area (Å²) in [5.74, 6) is 0.286. The Labute approximate surface area is 126 Å². The zero-order valence-electron chi connectivity index (χ0n) is 10.9. The highest BCUT2D eigenvalue weighted by molar-refractivity contribution is 6.43. The second-order valence-corrected chi connectivity index (χ2v) is 4.98. The molecule has 0 unspecified atom stereocenters. The van der Waals surface area contributed by atoms with Crippen LogP contribution in [0, 0.1) is 0 Å². The Morgan fingerprint density at radius 1 is 1.20 bits per heavy atom. The lowest BCUT2D eigenvalue weighted by Crippen LogP contribution is -2.11. The van der Waals surface area contributed by atoms with Crippen LogP contribution in [0.1, 0.15) is 13.8 Å². The van der Waals surface area contributed by atoms with E-state index >= 15 is 0 Å². The van der Waals surface area contributed by atoms with Crippen molar-refractivity contribution < 1.29 is 4.74 Å². The molecular weight excluding hydrogens is 301 g/mol. The smallest absolute Gasteiger partial charge is 0.323 e. The van der Waals surface area contributed by atoms with Crippen molar-refractivity contribution in [2.75, 3.05) is 11.1 Å². The molecule has 3 N–H and O–H groups in total. The van der Waals surface area contributed by atoms with E-state index in [0.717, 1.165) is 0 Å². The molecule has 0 aliphatic heterocycles. The Kier molecular flexibility index (Phi) is 4.46. The van der Waals surface area contributed by atoms with Crippen molar-refractivity contribution in [1.29, 1.82) is 0 Å². The monoisotopic (exact) mass is 313 g/mol. The summed E-state index contributed by atoms with van der Waals surface area (Å²) in [6.07, 6.45) is -0.0700. The van der Waals surface area contributed by atoms with Gasteiger partial charge in [0.25, 0.3) is 0 Å². The molecule has 106 valence electrons. The van der Waals surface area contributed by atoms with Gasteiger partial charge in [-0.3, -0.25) is 0 Å². The predicted octanol–water partition coefficient (Wildman–Crippen LogP) is 3.29. The highest BCUT2D eigenvalue weighted by Crippen LogP contribution is 2.31. The van der Waals surface area contributed by atoms with Crippen LogP contribution in [-0.4, -0.2) is 21.1 Å². The van der Waals surface area contributed by atoms with Crippen LogP contribution in [-0.2, 0) is 0 Å². The molecule has 6 nitrogen and oxygen atoms in total. The third kappa shape index (κ3) is 3.61. The fourth-order valence-electron chi connectivity index (χ4n) is 1.41. The van der Waals surface area contributed by atoms with E-state index in [9.17, 15) is 0 Å². The molecule has 1 heterocycles. The summed E-state index contributed by atoms with van der Waals surface area (Å²) in [4.78, 5) is 12.0. The SMILES string of the molecule is CC(C)Oc1nc(N)nc(Nc2cccc(Cl)c2Cl)n1. The van der Waals surface area contributed by atoms with E-state index in [-0.39, 0.29) is 24.0 Å². The quantitative estimate of drug-likeness (QED) is 0.900. The van der Waals surface area contributed by atoms with Crippen molar-refractivity contribution in [3.8, 4) is 6.01 Å². The third-order valence-electron chi connectivity index (χ3n) is 2.17. The Morgan fingerprint density at radius 2 is 1.95 bits per heavy atom. The summed E-state index contributed by atoms with van der Waals surface area (Å²) in [7, 11) is 0. The van der Waals surface area contributed by atoms with Crippen LogP contribution in [0.15, 0.2) is 18.2 Å². The van der Waals surface area contributed by atoms with Crippen molar-refractivity contribution in [2.24, 2.45) is 0 Å². The zero-order chi connectivity index (χ0) is 14.7. The Bertz CT molecular complexity index is 621. The van der Waals surface area contributed by atoms with Crippen LogP contribution in [0.25, 0.3) is 0 Å². The maximum atomic E-state index is 6.08. The lowest BCUT2D eigenvalue weighted by molar-refractivity contribution is 0.222. The lowest BCUT2D eigenvalue weighted by Gasteiger charge is -2.11. The maximum absolute atomic E-state index is 6.08. The summed E-state index contributed by atoms with van der Waals surface area (Å²) in [5, 5.41) is 3.73. The summed E-state index contributed by atoms with van der Waals surface area (Å²) < 4.78 is 5.39. The minimum atomic E-state index is -0.0700. The normalized spacial score (nSPS) is 10.7. The van der Waals surface area contributed by atoms with Gasteiger partial charge in [0, 0.05) is 0 Å². The van der Waals surface area contributed by atoms with Crippen LogP contribution in [0.4, 0.5) is 17.6 Å². The van der Waals surface area contributed by atoms with Gasteiger partial charge in [0.05, 0.1) is 21.8 Å². The van der Waals surface area contributed by atoms with E-state index in [4.69, 9.17) is 33.7 Å². The van der Waals surface area contributed by atoms with Gasteiger partial charge in [0.2, 0.25) is 11.9 Å². The Hall–Kier alpha value is -1.79. The molecule has 2 aromatic rings. The minimum absolute atomic E-state index is 0.0521. The highest BCUT2D eigenvalue weighted by atomic mass is 35.5. The second kappa shape index (κ2) is 6.11. The minimum Gasteiger partial charge on any atom is -0.461 e. The van der Waals surface area contributed by atoms with Crippen LogP contribution >= 0.6 is 23.2 Å². The molecule has 20 heavy (non-hydrogen) atoms. The van der Waals surface area contributed by atoms with Gasteiger partial charge in [-0.1, -0.05) is 29.3 Å². The zero-order valence-corrected chi connectivity index (χ0v) is 12.4. The summed E-state index contributed by atoms with van der Waals surface area (Å²) in [6, 6.07) is 5.33. The Morgan fingerprint density at radius 3 is 2.65 bits per heavy atom. The van der Waals surface area contributed by atoms with Gasteiger partial charge < -0.3 is 15.8 Å². The van der Waals surface area contributed by atoms with Gasteiger partial charge in [0.1, 0.15) is 0 Å². The van der Waals surface area contributed by atoms with Crippen LogP contribution in [0.2, 0.25) is 10.0 Å². The number of nitrogens with one attached hydrogen (secondary N) is 1. The molecule has 1 aromatic heterocycles. The van der Waals surface area contributed by atoms with Crippen molar-refractivity contribution in [2.45, 2.75) is 20.0 Å². The van der Waals surface area contributed by atoms with Gasteiger partial charge in [-0.05, 0) is 26.0 Å². The van der Waals surface area contributed by atoms with E-state index < -0.39 is 0 Å². The lowest BCUT2D eigenvalue weighted by atomic mass is 10.3.